The third-order valence-electron chi connectivity index (χ3n) is 5.76. The van der Waals surface area contributed by atoms with Gasteiger partial charge in [0.1, 0.15) is 5.75 Å². The number of anilines is 1. The molecular formula is C29H25ClN2O5S. The summed E-state index contributed by atoms with van der Waals surface area (Å²) < 4.78 is 33.3. The third-order valence-corrected chi connectivity index (χ3v) is 7.80. The Kier molecular flexibility index (Phi) is 8.58. The van der Waals surface area contributed by atoms with E-state index >= 15 is 0 Å². The van der Waals surface area contributed by atoms with Gasteiger partial charge in [-0.3, -0.25) is 9.59 Å². The lowest BCUT2D eigenvalue weighted by molar-refractivity contribution is -0.116. The molecule has 1 N–H and O–H groups in total. The minimum Gasteiger partial charge on any atom is -0.497 e. The molecule has 194 valence electrons. The molecule has 0 atom stereocenters. The number of nitrogens with zero attached hydrogens (tertiary/aromatic N) is 1. The maximum Gasteiger partial charge on any atom is 0.243 e. The second-order valence-corrected chi connectivity index (χ2v) is 10.7. The summed E-state index contributed by atoms with van der Waals surface area (Å²) in [7, 11) is -2.57. The van der Waals surface area contributed by atoms with E-state index in [2.05, 4.69) is 5.32 Å². The number of halogens is 1. The predicted octanol–water partition coefficient (Wildman–Crippen LogP) is 5.41. The van der Waals surface area contributed by atoms with Crippen LogP contribution in [-0.4, -0.2) is 38.1 Å². The van der Waals surface area contributed by atoms with E-state index in [0.717, 1.165) is 4.31 Å². The van der Waals surface area contributed by atoms with Gasteiger partial charge in [-0.2, -0.15) is 4.31 Å². The van der Waals surface area contributed by atoms with Crippen LogP contribution in [0.3, 0.4) is 0 Å². The van der Waals surface area contributed by atoms with Gasteiger partial charge in [0.25, 0.3) is 0 Å². The predicted molar refractivity (Wildman–Crippen MR) is 147 cm³/mol. The van der Waals surface area contributed by atoms with Crippen molar-refractivity contribution >= 4 is 39.0 Å². The smallest absolute Gasteiger partial charge is 0.243 e. The molecule has 7 nitrogen and oxygen atoms in total. The number of amides is 1. The van der Waals surface area contributed by atoms with Crippen molar-refractivity contribution in [3.63, 3.8) is 0 Å². The van der Waals surface area contributed by atoms with Crippen LogP contribution >= 0.6 is 11.6 Å². The van der Waals surface area contributed by atoms with Gasteiger partial charge in [0.15, 0.2) is 5.78 Å². The summed E-state index contributed by atoms with van der Waals surface area (Å²) in [4.78, 5) is 26.4. The van der Waals surface area contributed by atoms with Crippen molar-refractivity contribution in [3.8, 4) is 5.75 Å². The zero-order valence-corrected chi connectivity index (χ0v) is 22.1. The zero-order valence-electron chi connectivity index (χ0n) is 20.5. The molecular weight excluding hydrogens is 524 g/mol. The first kappa shape index (κ1) is 27.1. The molecule has 0 radical (unpaired) electrons. The van der Waals surface area contributed by atoms with Gasteiger partial charge in [-0.05, 0) is 48.0 Å². The van der Waals surface area contributed by atoms with E-state index in [1.54, 1.807) is 72.8 Å². The van der Waals surface area contributed by atoms with Gasteiger partial charge >= 0.3 is 0 Å². The lowest BCUT2D eigenvalue weighted by atomic mass is 10.0. The molecule has 0 fully saturated rings. The number of sulfonamides is 1. The molecule has 38 heavy (non-hydrogen) atoms. The van der Waals surface area contributed by atoms with Gasteiger partial charge < -0.3 is 10.1 Å². The molecule has 0 saturated carbocycles. The van der Waals surface area contributed by atoms with E-state index in [-0.39, 0.29) is 28.5 Å². The topological polar surface area (TPSA) is 92.8 Å². The van der Waals surface area contributed by atoms with Gasteiger partial charge in [-0.1, -0.05) is 72.3 Å². The maximum absolute atomic E-state index is 13.6. The van der Waals surface area contributed by atoms with Crippen molar-refractivity contribution in [2.75, 3.05) is 19.0 Å². The fourth-order valence-electron chi connectivity index (χ4n) is 3.82. The number of hydrogen-bond acceptors (Lipinski definition) is 5. The number of methoxy groups -OCH3 is 1. The van der Waals surface area contributed by atoms with Crippen LogP contribution in [0, 0.1) is 0 Å². The Hall–Kier alpha value is -3.98. The quantitative estimate of drug-likeness (QED) is 0.267. The average Bonchev–Trinajstić information content (AvgIpc) is 2.94. The van der Waals surface area contributed by atoms with Crippen LogP contribution in [-0.2, 0) is 21.4 Å². The molecule has 0 aliphatic rings. The van der Waals surface area contributed by atoms with Crippen molar-refractivity contribution in [2.24, 2.45) is 0 Å². The van der Waals surface area contributed by atoms with Gasteiger partial charge in [0, 0.05) is 22.7 Å². The van der Waals surface area contributed by atoms with Gasteiger partial charge in [0.2, 0.25) is 15.9 Å². The molecule has 0 saturated heterocycles. The minimum absolute atomic E-state index is 0.0217. The molecule has 4 rings (SSSR count). The van der Waals surface area contributed by atoms with Crippen LogP contribution in [0.4, 0.5) is 5.69 Å². The van der Waals surface area contributed by atoms with E-state index in [9.17, 15) is 18.0 Å². The molecule has 0 unspecified atom stereocenters. The van der Waals surface area contributed by atoms with Crippen LogP contribution in [0.2, 0.25) is 5.02 Å². The summed E-state index contributed by atoms with van der Waals surface area (Å²) >= 11 is 6.15. The highest BCUT2D eigenvalue weighted by molar-refractivity contribution is 7.89. The molecule has 0 aliphatic heterocycles. The average molecular weight is 549 g/mol. The number of ketones is 1. The van der Waals surface area contributed by atoms with Gasteiger partial charge in [-0.15, -0.1) is 0 Å². The summed E-state index contributed by atoms with van der Waals surface area (Å²) in [6.45, 7) is -0.510. The normalized spacial score (nSPS) is 11.2. The number of benzene rings is 4. The largest absolute Gasteiger partial charge is 0.497 e. The Balaban J connectivity index is 1.62. The number of rotatable bonds is 10. The van der Waals surface area contributed by atoms with E-state index in [0.29, 0.717) is 21.9 Å². The molecule has 0 heterocycles. The monoisotopic (exact) mass is 548 g/mol. The Morgan fingerprint density at radius 3 is 2.13 bits per heavy atom. The first-order valence-electron chi connectivity index (χ1n) is 11.6. The van der Waals surface area contributed by atoms with Crippen LogP contribution in [0.15, 0.2) is 108 Å². The number of carbonyl (C=O) groups excluding carboxylic acids is 2. The Morgan fingerprint density at radius 1 is 0.868 bits per heavy atom. The summed E-state index contributed by atoms with van der Waals surface area (Å²) in [5.74, 6) is -0.424. The SMILES string of the molecule is COc1ccc(S(=O)(=O)N(CC(=O)Nc2ccc(Cl)cc2C(=O)c2ccccc2)Cc2ccccc2)cc1. The van der Waals surface area contributed by atoms with E-state index in [4.69, 9.17) is 16.3 Å². The zero-order chi connectivity index (χ0) is 27.1. The highest BCUT2D eigenvalue weighted by Gasteiger charge is 2.28. The fraction of sp³-hybridized carbons (Fsp3) is 0.103. The van der Waals surface area contributed by atoms with Gasteiger partial charge in [0.05, 0.1) is 24.2 Å². The molecule has 1 amide bonds. The summed E-state index contributed by atoms with van der Waals surface area (Å²) in [5.41, 5.74) is 1.57. The van der Waals surface area contributed by atoms with Crippen LogP contribution in [0.25, 0.3) is 0 Å². The molecule has 4 aromatic rings. The standard InChI is InChI=1S/C29H25ClN2O5S/c1-37-24-13-15-25(16-14-24)38(35,36)32(19-21-8-4-2-5-9-21)20-28(33)31-27-17-12-23(30)18-26(27)29(34)22-10-6-3-7-11-22/h2-18H,19-20H2,1H3,(H,31,33). The maximum atomic E-state index is 13.6. The van der Waals surface area contributed by atoms with E-state index < -0.39 is 22.5 Å². The summed E-state index contributed by atoms with van der Waals surface area (Å²) in [6.07, 6.45) is 0. The third kappa shape index (κ3) is 6.47. The summed E-state index contributed by atoms with van der Waals surface area (Å²) in [5, 5.41) is 3.03. The number of nitrogens with one attached hydrogen (secondary N) is 1. The Labute approximate surface area is 226 Å². The van der Waals surface area contributed by atoms with Crippen LogP contribution < -0.4 is 10.1 Å². The number of hydrogen-bond donors (Lipinski definition) is 1. The molecule has 0 aliphatic carbocycles. The highest BCUT2D eigenvalue weighted by atomic mass is 35.5. The minimum atomic E-state index is -4.06. The van der Waals surface area contributed by atoms with Crippen molar-refractivity contribution in [1.82, 2.24) is 4.31 Å². The second-order valence-electron chi connectivity index (χ2n) is 8.37. The van der Waals surface area contributed by atoms with Crippen LogP contribution in [0.1, 0.15) is 21.5 Å². The Bertz CT molecular complexity index is 1530. The van der Waals surface area contributed by atoms with Crippen molar-refractivity contribution in [1.29, 1.82) is 0 Å². The van der Waals surface area contributed by atoms with Crippen molar-refractivity contribution in [3.05, 3.63) is 125 Å². The second kappa shape index (κ2) is 12.0. The fourth-order valence-corrected chi connectivity index (χ4v) is 5.37. The lowest BCUT2D eigenvalue weighted by Gasteiger charge is -2.22. The van der Waals surface area contributed by atoms with Crippen LogP contribution in [0.5, 0.6) is 5.75 Å². The molecule has 0 bridgehead atoms. The first-order chi connectivity index (χ1) is 18.3. The molecule has 0 spiro atoms. The molecule has 4 aromatic carbocycles. The molecule has 0 aromatic heterocycles. The lowest BCUT2D eigenvalue weighted by Crippen LogP contribution is -2.37. The summed E-state index contributed by atoms with van der Waals surface area (Å²) in [6, 6.07) is 28.1. The number of ether oxygens (including phenoxy) is 1. The van der Waals surface area contributed by atoms with E-state index in [1.807, 2.05) is 6.07 Å². The molecule has 9 heteroatoms. The van der Waals surface area contributed by atoms with Crippen molar-refractivity contribution in [2.45, 2.75) is 11.4 Å². The first-order valence-corrected chi connectivity index (χ1v) is 13.5. The highest BCUT2D eigenvalue weighted by Crippen LogP contribution is 2.25. The van der Waals surface area contributed by atoms with E-state index in [1.165, 1.54) is 31.4 Å². The van der Waals surface area contributed by atoms with Gasteiger partial charge in [-0.25, -0.2) is 8.42 Å². The number of carbonyl (C=O) groups is 2. The Morgan fingerprint density at radius 2 is 1.50 bits per heavy atom. The van der Waals surface area contributed by atoms with Crippen molar-refractivity contribution < 1.29 is 22.7 Å².